The predicted octanol–water partition coefficient (Wildman–Crippen LogP) is 6.96. The molecule has 1 amide bonds. The fraction of sp³-hybridized carbons (Fsp3) is 0.882. The highest BCUT2D eigenvalue weighted by Gasteiger charge is 2.27. The van der Waals surface area contributed by atoms with Crippen molar-refractivity contribution in [3.8, 4) is 0 Å². The SMILES string of the molecule is CCCCCCCN(C)CCC(=O)O.[C-]#[N+]CCOP(=O)(OCCCCCCNC(=O)CCNCCCCCCC)OCOC(=O)CC. The molecule has 0 radical (unpaired) electrons. The van der Waals surface area contributed by atoms with Crippen molar-refractivity contribution in [2.75, 3.05) is 66.3 Å². The zero-order valence-corrected chi connectivity index (χ0v) is 31.3. The fourth-order valence-corrected chi connectivity index (χ4v) is 5.27. The van der Waals surface area contributed by atoms with Crippen LogP contribution in [0, 0.1) is 6.57 Å². The van der Waals surface area contributed by atoms with Gasteiger partial charge in [0.2, 0.25) is 19.2 Å². The number of carbonyl (C=O) groups is 3. The smallest absolute Gasteiger partial charge is 0.477 e. The molecule has 0 bridgehead atoms. The normalized spacial score (nSPS) is 12.1. The third kappa shape index (κ3) is 36.8. The Morgan fingerprint density at radius 3 is 1.98 bits per heavy atom. The third-order valence-electron chi connectivity index (χ3n) is 7.15. The van der Waals surface area contributed by atoms with Gasteiger partial charge in [-0.2, -0.15) is 0 Å². The number of aliphatic carboxylic acids is 1. The summed E-state index contributed by atoms with van der Waals surface area (Å²) in [5.41, 5.74) is 0. The van der Waals surface area contributed by atoms with Crippen LogP contribution in [0.2, 0.25) is 0 Å². The molecule has 282 valence electrons. The second kappa shape index (κ2) is 36.2. The summed E-state index contributed by atoms with van der Waals surface area (Å²) in [6.07, 6.45) is 16.7. The Morgan fingerprint density at radius 1 is 0.750 bits per heavy atom. The summed E-state index contributed by atoms with van der Waals surface area (Å²) in [5.74, 6) is -1.14. The van der Waals surface area contributed by atoms with E-state index in [0.717, 1.165) is 38.8 Å². The van der Waals surface area contributed by atoms with E-state index in [9.17, 15) is 18.9 Å². The van der Waals surface area contributed by atoms with Gasteiger partial charge in [-0.05, 0) is 45.8 Å². The van der Waals surface area contributed by atoms with Gasteiger partial charge in [-0.1, -0.05) is 85.0 Å². The highest BCUT2D eigenvalue weighted by molar-refractivity contribution is 7.48. The number of carbonyl (C=O) groups excluding carboxylic acids is 2. The Kier molecular flexibility index (Phi) is 36.3. The number of unbranched alkanes of at least 4 members (excludes halogenated alkanes) is 11. The van der Waals surface area contributed by atoms with Gasteiger partial charge in [-0.3, -0.25) is 23.4 Å². The standard InChI is InChI=1S/C23H44N3O7P.C11H23NO2/c1-4-6-7-8-11-15-25-17-14-22(27)26-16-12-9-10-13-19-31-34(29,32-20-18-24-3)33-21-30-23(28)5-2;1-3-4-5-6-7-9-12(2)10-8-11(13)14/h25H,4-21H2,1-2H3,(H,26,27);3-10H2,1-2H3,(H,13,14). The summed E-state index contributed by atoms with van der Waals surface area (Å²) in [7, 11) is -1.91. The zero-order valence-electron chi connectivity index (χ0n) is 30.4. The monoisotopic (exact) mass is 706 g/mol. The van der Waals surface area contributed by atoms with Gasteiger partial charge in [0.05, 0.1) is 13.0 Å². The van der Waals surface area contributed by atoms with Crippen LogP contribution in [0.1, 0.15) is 130 Å². The first kappa shape index (κ1) is 48.0. The van der Waals surface area contributed by atoms with Gasteiger partial charge < -0.3 is 30.2 Å². The minimum absolute atomic E-state index is 0.0201. The molecule has 0 aromatic carbocycles. The van der Waals surface area contributed by atoms with Crippen LogP contribution < -0.4 is 10.6 Å². The summed E-state index contributed by atoms with van der Waals surface area (Å²) in [4.78, 5) is 38.5. The molecule has 0 heterocycles. The summed E-state index contributed by atoms with van der Waals surface area (Å²) >= 11 is 0. The van der Waals surface area contributed by atoms with Crippen molar-refractivity contribution in [3.63, 3.8) is 0 Å². The zero-order chi connectivity index (χ0) is 36.1. The van der Waals surface area contributed by atoms with Crippen LogP contribution in [0.15, 0.2) is 0 Å². The van der Waals surface area contributed by atoms with Crippen LogP contribution in [0.25, 0.3) is 4.85 Å². The van der Waals surface area contributed by atoms with E-state index in [2.05, 4.69) is 34.2 Å². The van der Waals surface area contributed by atoms with Crippen LogP contribution in [-0.2, 0) is 37.3 Å². The molecule has 14 heteroatoms. The van der Waals surface area contributed by atoms with Crippen molar-refractivity contribution >= 4 is 25.7 Å². The van der Waals surface area contributed by atoms with Gasteiger partial charge in [-0.25, -0.2) is 15.7 Å². The van der Waals surface area contributed by atoms with E-state index in [1.54, 1.807) is 6.92 Å². The first-order valence-corrected chi connectivity index (χ1v) is 19.5. The lowest BCUT2D eigenvalue weighted by Crippen LogP contribution is -2.28. The number of amides is 1. The number of ether oxygens (including phenoxy) is 1. The fourth-order valence-electron chi connectivity index (χ4n) is 4.21. The highest BCUT2D eigenvalue weighted by atomic mass is 31.2. The lowest BCUT2D eigenvalue weighted by atomic mass is 10.1. The molecule has 1 atom stereocenters. The van der Waals surface area contributed by atoms with Crippen molar-refractivity contribution in [3.05, 3.63) is 11.4 Å². The molecular formula is C34H67N4O9P. The molecule has 0 aromatic heterocycles. The van der Waals surface area contributed by atoms with Crippen LogP contribution in [0.5, 0.6) is 0 Å². The summed E-state index contributed by atoms with van der Waals surface area (Å²) < 4.78 is 32.6. The lowest BCUT2D eigenvalue weighted by Gasteiger charge is -2.17. The molecule has 13 nitrogen and oxygen atoms in total. The first-order valence-electron chi connectivity index (χ1n) is 18.0. The molecule has 0 rings (SSSR count). The molecule has 3 N–H and O–H groups in total. The number of carboxylic acids is 1. The maximum absolute atomic E-state index is 12.5. The number of phosphoric ester groups is 1. The number of carboxylic acid groups (broad SMARTS) is 1. The van der Waals surface area contributed by atoms with Crippen LogP contribution in [-0.4, -0.2) is 94.2 Å². The van der Waals surface area contributed by atoms with Gasteiger partial charge in [-0.15, -0.1) is 0 Å². The molecule has 1 unspecified atom stereocenters. The summed E-state index contributed by atoms with van der Waals surface area (Å²) in [5, 5.41) is 14.7. The van der Waals surface area contributed by atoms with Gasteiger partial charge >= 0.3 is 19.8 Å². The van der Waals surface area contributed by atoms with Crippen molar-refractivity contribution in [1.82, 2.24) is 15.5 Å². The number of nitrogens with zero attached hydrogens (tertiary/aromatic N) is 2. The van der Waals surface area contributed by atoms with Gasteiger partial charge in [0.15, 0.2) is 0 Å². The van der Waals surface area contributed by atoms with Crippen molar-refractivity contribution < 1.29 is 42.4 Å². The molecule has 0 aliphatic heterocycles. The van der Waals surface area contributed by atoms with Crippen molar-refractivity contribution in [2.24, 2.45) is 0 Å². The van der Waals surface area contributed by atoms with Crippen LogP contribution in [0.4, 0.5) is 0 Å². The van der Waals surface area contributed by atoms with E-state index in [0.29, 0.717) is 32.5 Å². The Bertz CT molecular complexity index is 874. The predicted molar refractivity (Wildman–Crippen MR) is 190 cm³/mol. The van der Waals surface area contributed by atoms with E-state index in [1.165, 1.54) is 57.8 Å². The van der Waals surface area contributed by atoms with Gasteiger partial charge in [0.25, 0.3) is 0 Å². The molecule has 0 saturated carbocycles. The van der Waals surface area contributed by atoms with Gasteiger partial charge in [0.1, 0.15) is 6.61 Å². The average molecular weight is 707 g/mol. The summed E-state index contributed by atoms with van der Waals surface area (Å²) in [6, 6.07) is 0. The highest BCUT2D eigenvalue weighted by Crippen LogP contribution is 2.49. The number of phosphoric acid groups is 1. The molecule has 0 spiro atoms. The molecule has 0 saturated heterocycles. The van der Waals surface area contributed by atoms with E-state index in [1.807, 2.05) is 7.05 Å². The Labute approximate surface area is 291 Å². The minimum atomic E-state index is -3.90. The lowest BCUT2D eigenvalue weighted by molar-refractivity contribution is -0.150. The second-order valence-electron chi connectivity index (χ2n) is 11.7. The van der Waals surface area contributed by atoms with Crippen molar-refractivity contribution in [1.29, 1.82) is 0 Å². The first-order chi connectivity index (χ1) is 23.1. The summed E-state index contributed by atoms with van der Waals surface area (Å²) in [6.45, 7) is 16.3. The molecule has 0 aliphatic rings. The van der Waals surface area contributed by atoms with Crippen molar-refractivity contribution in [2.45, 2.75) is 130 Å². The average Bonchev–Trinajstić information content (AvgIpc) is 3.06. The maximum Gasteiger partial charge on any atom is 0.477 e. The van der Waals surface area contributed by atoms with E-state index >= 15 is 0 Å². The third-order valence-corrected chi connectivity index (χ3v) is 8.57. The Hall–Kier alpha value is -2.07. The van der Waals surface area contributed by atoms with Crippen LogP contribution in [0.3, 0.4) is 0 Å². The maximum atomic E-state index is 12.5. The van der Waals surface area contributed by atoms with E-state index in [4.69, 9.17) is 30.0 Å². The van der Waals surface area contributed by atoms with Crippen LogP contribution >= 0.6 is 7.82 Å². The second-order valence-corrected chi connectivity index (χ2v) is 13.3. The number of esters is 1. The number of hydrogen-bond donors (Lipinski definition) is 3. The molecular weight excluding hydrogens is 639 g/mol. The minimum Gasteiger partial charge on any atom is -0.481 e. The topological polar surface area (TPSA) is 157 Å². The largest absolute Gasteiger partial charge is 0.481 e. The quantitative estimate of drug-likeness (QED) is 0.0213. The molecule has 0 aromatic rings. The Morgan fingerprint density at radius 2 is 1.35 bits per heavy atom. The molecule has 0 aliphatic carbocycles. The molecule has 0 fully saturated rings. The number of hydrogen-bond acceptors (Lipinski definition) is 10. The van der Waals surface area contributed by atoms with Gasteiger partial charge in [0, 0.05) is 32.5 Å². The number of rotatable bonds is 33. The Balaban J connectivity index is 0. The van der Waals surface area contributed by atoms with E-state index < -0.39 is 26.6 Å². The number of nitrogens with one attached hydrogen (secondary N) is 2. The molecule has 48 heavy (non-hydrogen) atoms. The van der Waals surface area contributed by atoms with E-state index in [-0.39, 0.29) is 38.5 Å².